The molecule has 0 aromatic heterocycles. The summed E-state index contributed by atoms with van der Waals surface area (Å²) in [7, 11) is 4.10. The summed E-state index contributed by atoms with van der Waals surface area (Å²) in [6, 6.07) is 0.943. The van der Waals surface area contributed by atoms with Gasteiger partial charge in [0.15, 0.2) is 0 Å². The average molecular weight is 214 g/mol. The summed E-state index contributed by atoms with van der Waals surface area (Å²) >= 11 is 0. The number of nitrogens with zero attached hydrogens (tertiary/aromatic N) is 1. The molecule has 1 aliphatic carbocycles. The third kappa shape index (κ3) is 4.09. The van der Waals surface area contributed by atoms with Crippen LogP contribution in [0.5, 0.6) is 0 Å². The molecule has 90 valence electrons. The van der Waals surface area contributed by atoms with Gasteiger partial charge >= 0.3 is 0 Å². The predicted octanol–water partition coefficient (Wildman–Crippen LogP) is 1.08. The van der Waals surface area contributed by atoms with Crippen molar-refractivity contribution in [2.75, 3.05) is 27.2 Å². The van der Waals surface area contributed by atoms with Gasteiger partial charge in [-0.05, 0) is 45.7 Å². The molecule has 1 aliphatic rings. The Morgan fingerprint density at radius 3 is 2.40 bits per heavy atom. The van der Waals surface area contributed by atoms with Crippen LogP contribution < -0.4 is 5.32 Å². The first-order chi connectivity index (χ1) is 7.17. The number of hydrogen-bond donors (Lipinski definition) is 2. The Balaban J connectivity index is 2.30. The zero-order valence-electron chi connectivity index (χ0n) is 10.4. The van der Waals surface area contributed by atoms with Gasteiger partial charge in [-0.15, -0.1) is 0 Å². The molecule has 1 fully saturated rings. The van der Waals surface area contributed by atoms with Gasteiger partial charge in [-0.25, -0.2) is 0 Å². The molecule has 3 nitrogen and oxygen atoms in total. The van der Waals surface area contributed by atoms with Gasteiger partial charge < -0.3 is 15.3 Å². The first kappa shape index (κ1) is 12.9. The molecule has 1 saturated carbocycles. The molecule has 1 rings (SSSR count). The minimum atomic E-state index is 0.217. The van der Waals surface area contributed by atoms with Crippen molar-refractivity contribution in [1.82, 2.24) is 10.2 Å². The molecule has 0 aromatic carbocycles. The zero-order valence-corrected chi connectivity index (χ0v) is 10.4. The number of rotatable bonds is 5. The highest BCUT2D eigenvalue weighted by molar-refractivity contribution is 4.79. The molecule has 2 N–H and O–H groups in total. The maximum Gasteiger partial charge on any atom is 0.0597 e. The quantitative estimate of drug-likeness (QED) is 0.719. The minimum Gasteiger partial charge on any atom is -0.395 e. The summed E-state index contributed by atoms with van der Waals surface area (Å²) in [6.07, 6.45) is 5.36. The highest BCUT2D eigenvalue weighted by Gasteiger charge is 2.22. The van der Waals surface area contributed by atoms with E-state index in [0.29, 0.717) is 0 Å². The summed E-state index contributed by atoms with van der Waals surface area (Å²) in [4.78, 5) is 2.41. The SMILES string of the molecule is CNC(CO)CN(C)C1CCC(C)CC1. The second kappa shape index (κ2) is 6.46. The van der Waals surface area contributed by atoms with E-state index in [2.05, 4.69) is 24.2 Å². The fourth-order valence-electron chi connectivity index (χ4n) is 2.42. The van der Waals surface area contributed by atoms with Crippen molar-refractivity contribution in [2.24, 2.45) is 5.92 Å². The summed E-state index contributed by atoms with van der Waals surface area (Å²) in [5.41, 5.74) is 0. The van der Waals surface area contributed by atoms with E-state index in [1.165, 1.54) is 25.7 Å². The van der Waals surface area contributed by atoms with Gasteiger partial charge in [-0.3, -0.25) is 0 Å². The number of likely N-dealkylation sites (N-methyl/N-ethyl adjacent to an activating group) is 2. The lowest BCUT2D eigenvalue weighted by Crippen LogP contribution is -2.45. The topological polar surface area (TPSA) is 35.5 Å². The van der Waals surface area contributed by atoms with Crippen LogP contribution in [0.3, 0.4) is 0 Å². The van der Waals surface area contributed by atoms with Gasteiger partial charge in [0.25, 0.3) is 0 Å². The van der Waals surface area contributed by atoms with E-state index in [1.807, 2.05) is 7.05 Å². The summed E-state index contributed by atoms with van der Waals surface area (Å²) in [5, 5.41) is 12.3. The monoisotopic (exact) mass is 214 g/mol. The van der Waals surface area contributed by atoms with Crippen LogP contribution in [0.4, 0.5) is 0 Å². The number of aliphatic hydroxyl groups is 1. The van der Waals surface area contributed by atoms with Crippen LogP contribution in [0.25, 0.3) is 0 Å². The maximum absolute atomic E-state index is 9.13. The van der Waals surface area contributed by atoms with Gasteiger partial charge in [0.2, 0.25) is 0 Å². The molecule has 0 aromatic rings. The van der Waals surface area contributed by atoms with Crippen molar-refractivity contribution < 1.29 is 5.11 Å². The first-order valence-electron chi connectivity index (χ1n) is 6.15. The van der Waals surface area contributed by atoms with Crippen molar-refractivity contribution in [3.05, 3.63) is 0 Å². The highest BCUT2D eigenvalue weighted by Crippen LogP contribution is 2.26. The number of hydrogen-bond acceptors (Lipinski definition) is 3. The molecule has 0 saturated heterocycles. The van der Waals surface area contributed by atoms with Gasteiger partial charge in [0, 0.05) is 18.6 Å². The predicted molar refractivity (Wildman–Crippen MR) is 64.0 cm³/mol. The molecule has 0 heterocycles. The third-order valence-corrected chi connectivity index (χ3v) is 3.75. The lowest BCUT2D eigenvalue weighted by molar-refractivity contribution is 0.137. The van der Waals surface area contributed by atoms with E-state index in [-0.39, 0.29) is 12.6 Å². The Morgan fingerprint density at radius 1 is 1.33 bits per heavy atom. The highest BCUT2D eigenvalue weighted by atomic mass is 16.3. The second-order valence-electron chi connectivity index (χ2n) is 5.02. The molecule has 1 atom stereocenters. The standard InChI is InChI=1S/C12H26N2O/c1-10-4-6-12(7-5-10)14(3)8-11(9-15)13-2/h10-13,15H,4-9H2,1-3H3. The van der Waals surface area contributed by atoms with Crippen LogP contribution in [0.2, 0.25) is 0 Å². The van der Waals surface area contributed by atoms with E-state index < -0.39 is 0 Å². The number of nitrogens with one attached hydrogen (secondary N) is 1. The van der Waals surface area contributed by atoms with Gasteiger partial charge in [0.05, 0.1) is 6.61 Å². The summed E-state index contributed by atoms with van der Waals surface area (Å²) in [6.45, 7) is 3.52. The van der Waals surface area contributed by atoms with Gasteiger partial charge in [-0.2, -0.15) is 0 Å². The van der Waals surface area contributed by atoms with E-state index in [9.17, 15) is 0 Å². The minimum absolute atomic E-state index is 0.217. The fraction of sp³-hybridized carbons (Fsp3) is 1.00. The molecule has 15 heavy (non-hydrogen) atoms. The largest absolute Gasteiger partial charge is 0.395 e. The summed E-state index contributed by atoms with van der Waals surface area (Å²) in [5.74, 6) is 0.910. The molecule has 0 spiro atoms. The first-order valence-corrected chi connectivity index (χ1v) is 6.15. The average Bonchev–Trinajstić information content (AvgIpc) is 2.26. The number of aliphatic hydroxyl groups excluding tert-OH is 1. The fourth-order valence-corrected chi connectivity index (χ4v) is 2.42. The van der Waals surface area contributed by atoms with Crippen LogP contribution >= 0.6 is 0 Å². The van der Waals surface area contributed by atoms with Crippen molar-refractivity contribution in [2.45, 2.75) is 44.7 Å². The van der Waals surface area contributed by atoms with E-state index >= 15 is 0 Å². The van der Waals surface area contributed by atoms with Crippen LogP contribution in [0, 0.1) is 5.92 Å². The molecule has 0 bridgehead atoms. The Bertz CT molecular complexity index is 163. The second-order valence-corrected chi connectivity index (χ2v) is 5.02. The smallest absolute Gasteiger partial charge is 0.0597 e. The van der Waals surface area contributed by atoms with Gasteiger partial charge in [0.1, 0.15) is 0 Å². The molecular formula is C12H26N2O. The Morgan fingerprint density at radius 2 is 1.93 bits per heavy atom. The van der Waals surface area contributed by atoms with Crippen molar-refractivity contribution >= 4 is 0 Å². The third-order valence-electron chi connectivity index (χ3n) is 3.75. The Kier molecular flexibility index (Phi) is 5.58. The molecule has 1 unspecified atom stereocenters. The lowest BCUT2D eigenvalue weighted by atomic mass is 9.86. The van der Waals surface area contributed by atoms with Gasteiger partial charge in [-0.1, -0.05) is 6.92 Å². The van der Waals surface area contributed by atoms with Crippen LogP contribution in [0.1, 0.15) is 32.6 Å². The van der Waals surface area contributed by atoms with E-state index in [0.717, 1.165) is 18.5 Å². The molecular weight excluding hydrogens is 188 g/mol. The van der Waals surface area contributed by atoms with E-state index in [1.54, 1.807) is 0 Å². The van der Waals surface area contributed by atoms with Crippen LogP contribution in [-0.2, 0) is 0 Å². The van der Waals surface area contributed by atoms with Crippen molar-refractivity contribution in [3.63, 3.8) is 0 Å². The molecule has 3 heteroatoms. The molecule has 0 radical (unpaired) electrons. The van der Waals surface area contributed by atoms with Crippen molar-refractivity contribution in [3.8, 4) is 0 Å². The maximum atomic E-state index is 9.13. The molecule has 0 amide bonds. The zero-order chi connectivity index (χ0) is 11.3. The van der Waals surface area contributed by atoms with E-state index in [4.69, 9.17) is 5.11 Å². The summed E-state index contributed by atoms with van der Waals surface area (Å²) < 4.78 is 0. The lowest BCUT2D eigenvalue weighted by Gasteiger charge is -2.35. The Labute approximate surface area is 93.9 Å². The van der Waals surface area contributed by atoms with Crippen molar-refractivity contribution in [1.29, 1.82) is 0 Å². The normalized spacial score (nSPS) is 29.4. The van der Waals surface area contributed by atoms with Crippen LogP contribution in [-0.4, -0.2) is 49.3 Å². The van der Waals surface area contributed by atoms with Crippen LogP contribution in [0.15, 0.2) is 0 Å². The Hall–Kier alpha value is -0.120. The molecule has 0 aliphatic heterocycles.